The lowest BCUT2D eigenvalue weighted by Crippen LogP contribution is -1.98. The van der Waals surface area contributed by atoms with Gasteiger partial charge in [-0.05, 0) is 24.3 Å². The summed E-state index contributed by atoms with van der Waals surface area (Å²) in [5.41, 5.74) is 0.999. The Morgan fingerprint density at radius 3 is 3.00 bits per heavy atom. The molecular weight excluding hydrogens is 206 g/mol. The van der Waals surface area contributed by atoms with E-state index >= 15 is 0 Å². The van der Waals surface area contributed by atoms with Crippen LogP contribution >= 0.6 is 12.6 Å². The zero-order valence-corrected chi connectivity index (χ0v) is 9.28. The number of hydrogen-bond acceptors (Lipinski definition) is 3. The number of ether oxygens (including phenoxy) is 1. The number of para-hydroxylation sites is 1. The Morgan fingerprint density at radius 1 is 1.27 bits per heavy atom. The van der Waals surface area contributed by atoms with Crippen LogP contribution in [0, 0.1) is 0 Å². The quantitative estimate of drug-likeness (QED) is 0.631. The molecule has 3 heteroatoms. The van der Waals surface area contributed by atoms with E-state index in [1.807, 2.05) is 30.3 Å². The van der Waals surface area contributed by atoms with E-state index in [4.69, 9.17) is 4.74 Å². The fourth-order valence-electron chi connectivity index (χ4n) is 1.38. The van der Waals surface area contributed by atoms with E-state index < -0.39 is 0 Å². The Morgan fingerprint density at radius 2 is 2.13 bits per heavy atom. The zero-order chi connectivity index (χ0) is 10.5. The standard InChI is InChI=1S/C12H13NOS/c15-7-3-6-14-11-8-10-4-1-2-5-12(10)13-9-11/h1-2,4-5,8-9,15H,3,6-7H2. The molecule has 1 aromatic heterocycles. The number of benzene rings is 1. The summed E-state index contributed by atoms with van der Waals surface area (Å²) >= 11 is 4.13. The van der Waals surface area contributed by atoms with Crippen molar-refractivity contribution in [3.63, 3.8) is 0 Å². The molecule has 0 unspecified atom stereocenters. The third-order valence-corrected chi connectivity index (χ3v) is 2.45. The first kappa shape index (κ1) is 10.3. The number of hydrogen-bond donors (Lipinski definition) is 1. The Labute approximate surface area is 94.7 Å². The summed E-state index contributed by atoms with van der Waals surface area (Å²) in [5, 5.41) is 1.11. The van der Waals surface area contributed by atoms with Crippen molar-refractivity contribution in [1.82, 2.24) is 4.98 Å². The van der Waals surface area contributed by atoms with E-state index in [1.165, 1.54) is 0 Å². The summed E-state index contributed by atoms with van der Waals surface area (Å²) in [7, 11) is 0. The van der Waals surface area contributed by atoms with Crippen molar-refractivity contribution < 1.29 is 4.74 Å². The van der Waals surface area contributed by atoms with Gasteiger partial charge in [-0.25, -0.2) is 0 Å². The SMILES string of the molecule is SCCCOc1cnc2ccccc2c1. The van der Waals surface area contributed by atoms with Gasteiger partial charge >= 0.3 is 0 Å². The Balaban J connectivity index is 2.16. The molecule has 0 aliphatic rings. The number of thiol groups is 1. The van der Waals surface area contributed by atoms with Crippen LogP contribution in [0.1, 0.15) is 6.42 Å². The van der Waals surface area contributed by atoms with Crippen LogP contribution in [-0.4, -0.2) is 17.3 Å². The number of pyridine rings is 1. The molecular formula is C12H13NOS. The van der Waals surface area contributed by atoms with Gasteiger partial charge in [0, 0.05) is 5.39 Å². The van der Waals surface area contributed by atoms with E-state index in [9.17, 15) is 0 Å². The van der Waals surface area contributed by atoms with Crippen LogP contribution in [0.4, 0.5) is 0 Å². The summed E-state index contributed by atoms with van der Waals surface area (Å²) < 4.78 is 5.54. The molecule has 2 nitrogen and oxygen atoms in total. The highest BCUT2D eigenvalue weighted by Crippen LogP contribution is 2.17. The maximum absolute atomic E-state index is 5.54. The minimum absolute atomic E-state index is 0.698. The van der Waals surface area contributed by atoms with Gasteiger partial charge in [-0.3, -0.25) is 4.98 Å². The van der Waals surface area contributed by atoms with E-state index in [0.29, 0.717) is 6.61 Å². The van der Waals surface area contributed by atoms with E-state index in [-0.39, 0.29) is 0 Å². The fraction of sp³-hybridized carbons (Fsp3) is 0.250. The molecule has 0 aliphatic carbocycles. The zero-order valence-electron chi connectivity index (χ0n) is 8.39. The average molecular weight is 219 g/mol. The molecule has 0 N–H and O–H groups in total. The summed E-state index contributed by atoms with van der Waals surface area (Å²) in [5.74, 6) is 1.68. The molecule has 0 amide bonds. The predicted octanol–water partition coefficient (Wildman–Crippen LogP) is 2.93. The Hall–Kier alpha value is -1.22. The van der Waals surface area contributed by atoms with E-state index in [2.05, 4.69) is 17.6 Å². The minimum atomic E-state index is 0.698. The molecule has 1 heterocycles. The first-order chi connectivity index (χ1) is 7.40. The van der Waals surface area contributed by atoms with Crippen LogP contribution in [-0.2, 0) is 0 Å². The largest absolute Gasteiger partial charge is 0.492 e. The predicted molar refractivity (Wildman–Crippen MR) is 65.7 cm³/mol. The lowest BCUT2D eigenvalue weighted by Gasteiger charge is -2.05. The summed E-state index contributed by atoms with van der Waals surface area (Å²) in [6.07, 6.45) is 2.72. The lowest BCUT2D eigenvalue weighted by molar-refractivity contribution is 0.318. The summed E-state index contributed by atoms with van der Waals surface area (Å²) in [4.78, 5) is 4.32. The third-order valence-electron chi connectivity index (χ3n) is 2.14. The number of aromatic nitrogens is 1. The molecule has 0 saturated heterocycles. The topological polar surface area (TPSA) is 22.1 Å². The third kappa shape index (κ3) is 2.63. The van der Waals surface area contributed by atoms with Gasteiger partial charge < -0.3 is 4.74 Å². The molecule has 0 saturated carbocycles. The molecule has 0 fully saturated rings. The first-order valence-electron chi connectivity index (χ1n) is 4.98. The van der Waals surface area contributed by atoms with Gasteiger partial charge in [0.1, 0.15) is 5.75 Å². The van der Waals surface area contributed by atoms with Crippen LogP contribution in [0.25, 0.3) is 10.9 Å². The van der Waals surface area contributed by atoms with Crippen LogP contribution < -0.4 is 4.74 Å². The van der Waals surface area contributed by atoms with E-state index in [0.717, 1.165) is 28.8 Å². The van der Waals surface area contributed by atoms with Crippen LogP contribution in [0.15, 0.2) is 36.5 Å². The maximum Gasteiger partial charge on any atom is 0.138 e. The van der Waals surface area contributed by atoms with Crippen LogP contribution in [0.2, 0.25) is 0 Å². The van der Waals surface area contributed by atoms with Gasteiger partial charge in [0.15, 0.2) is 0 Å². The highest BCUT2D eigenvalue weighted by atomic mass is 32.1. The molecule has 78 valence electrons. The molecule has 0 spiro atoms. The second-order valence-corrected chi connectivity index (χ2v) is 3.74. The second kappa shape index (κ2) is 5.03. The molecule has 2 rings (SSSR count). The Kier molecular flexibility index (Phi) is 3.45. The molecule has 1 aromatic carbocycles. The van der Waals surface area contributed by atoms with Gasteiger partial charge in [0.25, 0.3) is 0 Å². The van der Waals surface area contributed by atoms with Crippen molar-refractivity contribution in [2.75, 3.05) is 12.4 Å². The smallest absolute Gasteiger partial charge is 0.138 e. The highest BCUT2D eigenvalue weighted by molar-refractivity contribution is 7.80. The number of nitrogens with zero attached hydrogens (tertiary/aromatic N) is 1. The first-order valence-corrected chi connectivity index (χ1v) is 5.62. The summed E-state index contributed by atoms with van der Waals surface area (Å²) in [6.45, 7) is 0.698. The number of rotatable bonds is 4. The number of fused-ring (bicyclic) bond motifs is 1. The van der Waals surface area contributed by atoms with Gasteiger partial charge in [-0.15, -0.1) is 0 Å². The van der Waals surface area contributed by atoms with Crippen LogP contribution in [0.5, 0.6) is 5.75 Å². The fourth-order valence-corrected chi connectivity index (χ4v) is 1.51. The molecule has 0 aliphatic heterocycles. The van der Waals surface area contributed by atoms with Crippen molar-refractivity contribution in [3.05, 3.63) is 36.5 Å². The maximum atomic E-state index is 5.54. The average Bonchev–Trinajstić information content (AvgIpc) is 2.29. The second-order valence-electron chi connectivity index (χ2n) is 3.29. The molecule has 0 radical (unpaired) electrons. The monoisotopic (exact) mass is 219 g/mol. The lowest BCUT2D eigenvalue weighted by atomic mass is 10.2. The summed E-state index contributed by atoms with van der Waals surface area (Å²) in [6, 6.07) is 10.0. The molecule has 0 bridgehead atoms. The van der Waals surface area contributed by atoms with Crippen LogP contribution in [0.3, 0.4) is 0 Å². The minimum Gasteiger partial charge on any atom is -0.492 e. The van der Waals surface area contributed by atoms with Crippen molar-refractivity contribution in [2.24, 2.45) is 0 Å². The normalized spacial score (nSPS) is 10.5. The van der Waals surface area contributed by atoms with Gasteiger partial charge in [0.2, 0.25) is 0 Å². The van der Waals surface area contributed by atoms with Gasteiger partial charge in [-0.2, -0.15) is 12.6 Å². The van der Waals surface area contributed by atoms with Crippen molar-refractivity contribution in [3.8, 4) is 5.75 Å². The van der Waals surface area contributed by atoms with Crippen molar-refractivity contribution in [2.45, 2.75) is 6.42 Å². The Bertz CT molecular complexity index is 444. The highest BCUT2D eigenvalue weighted by Gasteiger charge is 1.97. The van der Waals surface area contributed by atoms with Gasteiger partial charge in [0.05, 0.1) is 18.3 Å². The van der Waals surface area contributed by atoms with E-state index in [1.54, 1.807) is 6.20 Å². The molecule has 0 atom stereocenters. The van der Waals surface area contributed by atoms with Crippen molar-refractivity contribution >= 4 is 23.5 Å². The molecule has 2 aromatic rings. The van der Waals surface area contributed by atoms with Crippen molar-refractivity contribution in [1.29, 1.82) is 0 Å². The molecule has 15 heavy (non-hydrogen) atoms. The van der Waals surface area contributed by atoms with Gasteiger partial charge in [-0.1, -0.05) is 18.2 Å².